The molecule has 0 bridgehead atoms. The van der Waals surface area contributed by atoms with Gasteiger partial charge in [-0.05, 0) is 97.6 Å². The maximum absolute atomic E-state index is 5.34. The van der Waals surface area contributed by atoms with E-state index < -0.39 is 8.07 Å². The Kier molecular flexibility index (Phi) is 15.0. The number of benzene rings is 12. The highest BCUT2D eigenvalue weighted by atomic mass is 28.3. The predicted molar refractivity (Wildman–Crippen MR) is 361 cm³/mol. The fourth-order valence-corrected chi connectivity index (χ4v) is 16.4. The van der Waals surface area contributed by atoms with Crippen molar-refractivity contribution in [1.82, 2.24) is 24.9 Å². The highest BCUT2D eigenvalue weighted by Gasteiger charge is 2.41. The van der Waals surface area contributed by atoms with Crippen molar-refractivity contribution in [3.05, 3.63) is 346 Å². The summed E-state index contributed by atoms with van der Waals surface area (Å²) in [6.07, 6.45) is 0. The molecule has 0 spiro atoms. The molecule has 0 aliphatic heterocycles. The minimum atomic E-state index is -2.91. The standard InChI is InChI=1S/C79H57N7Si/c1-9-25-62(26-10-1)74-57-75(63-27-11-2-12-28-63)81-78(80-74)86(79-83-76(64-29-13-3-14-30-64)82-77(84-79)65-31-15-4-16-32-65)69-51-43-59(44-52-69)61-47-55-73(56-48-61)87(70-37-21-7-22-38-70,71-39-23-8-24-40-71)72-53-45-60(46-54-72)58-41-49-68(50-42-58)85(66-33-17-5-18-34-66)67-35-19-6-20-36-67/h1-57H. The highest BCUT2D eigenvalue weighted by Crippen LogP contribution is 2.38. The van der Waals surface area contributed by atoms with Crippen LogP contribution < -0.4 is 30.5 Å². The number of hydrogen-bond donors (Lipinski definition) is 0. The van der Waals surface area contributed by atoms with Crippen LogP contribution in [0.2, 0.25) is 0 Å². The lowest BCUT2D eigenvalue weighted by Crippen LogP contribution is -2.74. The van der Waals surface area contributed by atoms with Crippen molar-refractivity contribution < 1.29 is 0 Å². The molecule has 2 heterocycles. The lowest BCUT2D eigenvalue weighted by Gasteiger charge is -2.34. The van der Waals surface area contributed by atoms with Crippen LogP contribution in [0.25, 0.3) is 67.5 Å². The van der Waals surface area contributed by atoms with E-state index in [1.54, 1.807) is 0 Å². The van der Waals surface area contributed by atoms with Crippen molar-refractivity contribution in [3.63, 3.8) is 0 Å². The molecule has 412 valence electrons. The maximum atomic E-state index is 5.34. The topological polar surface area (TPSA) is 70.9 Å². The molecule has 0 N–H and O–H groups in total. The Morgan fingerprint density at radius 1 is 0.195 bits per heavy atom. The van der Waals surface area contributed by atoms with Gasteiger partial charge < -0.3 is 4.90 Å². The van der Waals surface area contributed by atoms with Crippen molar-refractivity contribution in [3.8, 4) is 67.5 Å². The molecule has 0 fully saturated rings. The number of anilines is 6. The third-order valence-electron chi connectivity index (χ3n) is 15.9. The van der Waals surface area contributed by atoms with Gasteiger partial charge in [-0.2, -0.15) is 9.97 Å². The first-order valence-electron chi connectivity index (χ1n) is 29.2. The first kappa shape index (κ1) is 53.5. The lowest BCUT2D eigenvalue weighted by atomic mass is 10.0. The summed E-state index contributed by atoms with van der Waals surface area (Å²) in [4.78, 5) is 30.5. The van der Waals surface area contributed by atoms with Crippen molar-refractivity contribution in [2.24, 2.45) is 0 Å². The zero-order valence-corrected chi connectivity index (χ0v) is 48.5. The van der Waals surface area contributed by atoms with Crippen LogP contribution in [0.5, 0.6) is 0 Å². The van der Waals surface area contributed by atoms with Gasteiger partial charge in [-0.15, -0.1) is 0 Å². The number of rotatable bonds is 16. The van der Waals surface area contributed by atoms with Crippen molar-refractivity contribution in [2.75, 3.05) is 9.80 Å². The summed E-state index contributed by atoms with van der Waals surface area (Å²) in [5, 5.41) is 5.21. The van der Waals surface area contributed by atoms with Crippen molar-refractivity contribution in [1.29, 1.82) is 0 Å². The molecular weight excluding hydrogens is 1080 g/mol. The van der Waals surface area contributed by atoms with Crippen LogP contribution in [0.4, 0.5) is 34.6 Å². The molecule has 14 aromatic rings. The summed E-state index contributed by atoms with van der Waals surface area (Å²) in [6, 6.07) is 122. The van der Waals surface area contributed by atoms with E-state index in [1.165, 1.54) is 20.7 Å². The molecular formula is C79H57N7Si. The molecule has 8 heteroatoms. The molecule has 7 nitrogen and oxygen atoms in total. The van der Waals surface area contributed by atoms with E-state index in [4.69, 9.17) is 24.9 Å². The zero-order chi connectivity index (χ0) is 58.2. The van der Waals surface area contributed by atoms with Crippen LogP contribution in [0, 0.1) is 0 Å². The molecule has 14 rings (SSSR count). The molecule has 0 unspecified atom stereocenters. The second kappa shape index (κ2) is 24.4. The molecule has 0 radical (unpaired) electrons. The van der Waals surface area contributed by atoms with Crippen LogP contribution in [0.3, 0.4) is 0 Å². The molecule has 2 aromatic heterocycles. The van der Waals surface area contributed by atoms with Gasteiger partial charge in [0.2, 0.25) is 11.9 Å². The smallest absolute Gasteiger partial charge is 0.241 e. The molecule has 0 aliphatic rings. The SMILES string of the molecule is c1ccc(-c2cc(-c3ccccc3)nc(N(c3ccc(-c4ccc([Si](c5ccccc5)(c5ccccc5)c5ccc(-c6ccc(N(c7ccccc7)c7ccccc7)cc6)cc5)cc4)cc3)c3nc(-c4ccccc4)nc(-c4ccccc4)n3)n2)cc1. The van der Waals surface area contributed by atoms with Gasteiger partial charge in [0.1, 0.15) is 0 Å². The first-order valence-corrected chi connectivity index (χ1v) is 31.2. The minimum Gasteiger partial charge on any atom is -0.311 e. The van der Waals surface area contributed by atoms with Gasteiger partial charge >= 0.3 is 0 Å². The fourth-order valence-electron chi connectivity index (χ4n) is 11.7. The van der Waals surface area contributed by atoms with E-state index in [1.807, 2.05) is 108 Å². The molecule has 0 saturated heterocycles. The van der Waals surface area contributed by atoms with E-state index in [2.05, 4.69) is 248 Å². The normalized spacial score (nSPS) is 11.2. The van der Waals surface area contributed by atoms with Gasteiger partial charge in [-0.3, -0.25) is 0 Å². The van der Waals surface area contributed by atoms with Crippen molar-refractivity contribution in [2.45, 2.75) is 0 Å². The number of aromatic nitrogens is 5. The predicted octanol–water partition coefficient (Wildman–Crippen LogP) is 17.0. The Hall–Kier alpha value is -11.5. The van der Waals surface area contributed by atoms with Crippen LogP contribution in [-0.4, -0.2) is 33.0 Å². The van der Waals surface area contributed by atoms with Gasteiger partial charge in [0.05, 0.1) is 17.1 Å². The zero-order valence-electron chi connectivity index (χ0n) is 47.5. The van der Waals surface area contributed by atoms with Crippen molar-refractivity contribution >= 4 is 63.5 Å². The van der Waals surface area contributed by atoms with E-state index in [0.717, 1.165) is 78.6 Å². The Morgan fingerprint density at radius 3 is 0.816 bits per heavy atom. The Bertz CT molecular complexity index is 4230. The molecule has 87 heavy (non-hydrogen) atoms. The monoisotopic (exact) mass is 1130 g/mol. The minimum absolute atomic E-state index is 0.382. The summed E-state index contributed by atoms with van der Waals surface area (Å²) in [5.74, 6) is 1.86. The average molecular weight is 1130 g/mol. The van der Waals surface area contributed by atoms with Crippen LogP contribution >= 0.6 is 0 Å². The fraction of sp³-hybridized carbons (Fsp3) is 0. The number of nitrogens with zero attached hydrogens (tertiary/aromatic N) is 7. The summed E-state index contributed by atoms with van der Waals surface area (Å²) in [6.45, 7) is 0. The second-order valence-electron chi connectivity index (χ2n) is 21.3. The van der Waals surface area contributed by atoms with Gasteiger partial charge in [0, 0.05) is 39.3 Å². The van der Waals surface area contributed by atoms with Gasteiger partial charge in [-0.25, -0.2) is 19.9 Å². The van der Waals surface area contributed by atoms with E-state index in [0.29, 0.717) is 23.5 Å². The van der Waals surface area contributed by atoms with E-state index >= 15 is 0 Å². The summed E-state index contributed by atoms with van der Waals surface area (Å²) >= 11 is 0. The molecule has 12 aromatic carbocycles. The molecule has 0 aliphatic carbocycles. The molecule has 0 amide bonds. The van der Waals surface area contributed by atoms with Gasteiger partial charge in [0.25, 0.3) is 0 Å². The van der Waals surface area contributed by atoms with Crippen LogP contribution in [0.15, 0.2) is 346 Å². The highest BCUT2D eigenvalue weighted by molar-refractivity contribution is 7.19. The summed E-state index contributed by atoms with van der Waals surface area (Å²) in [7, 11) is -2.91. The third kappa shape index (κ3) is 11.0. The largest absolute Gasteiger partial charge is 0.311 e. The third-order valence-corrected chi connectivity index (χ3v) is 20.7. The van der Waals surface area contributed by atoms with Gasteiger partial charge in [0.15, 0.2) is 19.7 Å². The number of hydrogen-bond acceptors (Lipinski definition) is 7. The maximum Gasteiger partial charge on any atom is 0.241 e. The summed E-state index contributed by atoms with van der Waals surface area (Å²) in [5.41, 5.74) is 13.7. The average Bonchev–Trinajstić information content (AvgIpc) is 3.41. The van der Waals surface area contributed by atoms with Gasteiger partial charge in [-0.1, -0.05) is 291 Å². The second-order valence-corrected chi connectivity index (χ2v) is 25.1. The Morgan fingerprint density at radius 2 is 0.460 bits per heavy atom. The lowest BCUT2D eigenvalue weighted by molar-refractivity contribution is 0.984. The van der Waals surface area contributed by atoms with Crippen LogP contribution in [0.1, 0.15) is 0 Å². The Balaban J connectivity index is 0.852. The van der Waals surface area contributed by atoms with E-state index in [9.17, 15) is 0 Å². The Labute approximate surface area is 508 Å². The van der Waals surface area contributed by atoms with E-state index in [-0.39, 0.29) is 0 Å². The molecule has 0 atom stereocenters. The molecule has 0 saturated carbocycles. The summed E-state index contributed by atoms with van der Waals surface area (Å²) < 4.78 is 0. The number of para-hydroxylation sites is 2. The van der Waals surface area contributed by atoms with Crippen LogP contribution in [-0.2, 0) is 0 Å². The quantitative estimate of drug-likeness (QED) is 0.0705. The first-order chi connectivity index (χ1) is 43.1.